The highest BCUT2D eigenvalue weighted by Gasteiger charge is 2.03. The molecule has 0 aliphatic carbocycles. The van der Waals surface area contributed by atoms with Crippen molar-refractivity contribution >= 4 is 0 Å². The van der Waals surface area contributed by atoms with Gasteiger partial charge in [-0.25, -0.2) is 0 Å². The van der Waals surface area contributed by atoms with Gasteiger partial charge in [-0.3, -0.25) is 0 Å². The Morgan fingerprint density at radius 2 is 1.29 bits per heavy atom. The molecule has 0 saturated heterocycles. The van der Waals surface area contributed by atoms with Crippen molar-refractivity contribution < 1.29 is 0 Å². The fourth-order valence-corrected chi connectivity index (χ4v) is 2.28. The van der Waals surface area contributed by atoms with Crippen LogP contribution in [0.15, 0.2) is 0 Å². The highest BCUT2D eigenvalue weighted by molar-refractivity contribution is 4.64. The third-order valence-electron chi connectivity index (χ3n) is 3.61. The summed E-state index contributed by atoms with van der Waals surface area (Å²) in [7, 11) is 0. The average Bonchev–Trinajstić information content (AvgIpc) is 2.35. The number of unbranched alkanes of at least 4 members (excludes halogenated alkanes) is 7. The Labute approximate surface area is 110 Å². The Morgan fingerprint density at radius 3 is 1.88 bits per heavy atom. The minimum Gasteiger partial charge on any atom is -0.314 e. The summed E-state index contributed by atoms with van der Waals surface area (Å²) in [5.41, 5.74) is 0. The van der Waals surface area contributed by atoms with Gasteiger partial charge in [0.2, 0.25) is 0 Å². The zero-order chi connectivity index (χ0) is 12.8. The largest absolute Gasteiger partial charge is 0.314 e. The van der Waals surface area contributed by atoms with Gasteiger partial charge in [-0.05, 0) is 25.8 Å². The number of rotatable bonds is 13. The van der Waals surface area contributed by atoms with Crippen LogP contribution in [-0.2, 0) is 0 Å². The lowest BCUT2D eigenvalue weighted by atomic mass is 10.0. The average molecular weight is 241 g/mol. The van der Waals surface area contributed by atoms with Crippen molar-refractivity contribution in [3.05, 3.63) is 0 Å². The van der Waals surface area contributed by atoms with Crippen molar-refractivity contribution in [2.24, 2.45) is 0 Å². The molecule has 0 heterocycles. The van der Waals surface area contributed by atoms with E-state index in [2.05, 4.69) is 26.1 Å². The summed E-state index contributed by atoms with van der Waals surface area (Å²) >= 11 is 0. The van der Waals surface area contributed by atoms with Crippen LogP contribution < -0.4 is 5.32 Å². The molecule has 1 atom stereocenters. The van der Waals surface area contributed by atoms with E-state index >= 15 is 0 Å². The fraction of sp³-hybridized carbons (Fsp3) is 1.00. The van der Waals surface area contributed by atoms with Crippen molar-refractivity contribution in [2.45, 2.75) is 97.4 Å². The minimum absolute atomic E-state index is 0.775. The van der Waals surface area contributed by atoms with Gasteiger partial charge < -0.3 is 5.32 Å². The van der Waals surface area contributed by atoms with E-state index in [-0.39, 0.29) is 0 Å². The van der Waals surface area contributed by atoms with Crippen LogP contribution in [-0.4, -0.2) is 12.6 Å². The van der Waals surface area contributed by atoms with Gasteiger partial charge >= 0.3 is 0 Å². The van der Waals surface area contributed by atoms with Crippen LogP contribution >= 0.6 is 0 Å². The Kier molecular flexibility index (Phi) is 14.0. The van der Waals surface area contributed by atoms with Gasteiger partial charge in [0, 0.05) is 6.04 Å². The molecule has 17 heavy (non-hydrogen) atoms. The first-order valence-electron chi connectivity index (χ1n) is 8.08. The van der Waals surface area contributed by atoms with Crippen LogP contribution in [0.4, 0.5) is 0 Å². The normalized spacial score (nSPS) is 12.9. The molecule has 0 aliphatic heterocycles. The maximum absolute atomic E-state index is 3.68. The lowest BCUT2D eigenvalue weighted by molar-refractivity contribution is 0.437. The maximum Gasteiger partial charge on any atom is 0.00644 e. The minimum atomic E-state index is 0.775. The Hall–Kier alpha value is -0.0400. The van der Waals surface area contributed by atoms with E-state index < -0.39 is 0 Å². The highest BCUT2D eigenvalue weighted by Crippen LogP contribution is 2.11. The monoisotopic (exact) mass is 241 g/mol. The summed E-state index contributed by atoms with van der Waals surface area (Å²) in [5, 5.41) is 3.68. The fourth-order valence-electron chi connectivity index (χ4n) is 2.28. The molecule has 0 aliphatic rings. The SMILES string of the molecule is CCCCCCCCCC(CC)NCCCC. The molecule has 0 spiro atoms. The van der Waals surface area contributed by atoms with E-state index in [1.165, 1.54) is 77.2 Å². The van der Waals surface area contributed by atoms with Crippen LogP contribution in [0, 0.1) is 0 Å². The topological polar surface area (TPSA) is 12.0 Å². The Bertz CT molecular complexity index is 133. The van der Waals surface area contributed by atoms with E-state index in [1.54, 1.807) is 0 Å². The molecule has 0 fully saturated rings. The second kappa shape index (κ2) is 14.0. The van der Waals surface area contributed by atoms with Gasteiger partial charge in [-0.2, -0.15) is 0 Å². The highest BCUT2D eigenvalue weighted by atomic mass is 14.9. The molecule has 0 bridgehead atoms. The van der Waals surface area contributed by atoms with E-state index in [0.29, 0.717) is 0 Å². The molecule has 104 valence electrons. The van der Waals surface area contributed by atoms with Crippen LogP contribution in [0.25, 0.3) is 0 Å². The van der Waals surface area contributed by atoms with E-state index in [1.807, 2.05) is 0 Å². The molecule has 0 aromatic carbocycles. The lowest BCUT2D eigenvalue weighted by Crippen LogP contribution is -2.29. The van der Waals surface area contributed by atoms with Gasteiger partial charge in [0.25, 0.3) is 0 Å². The first-order valence-corrected chi connectivity index (χ1v) is 8.08. The second-order valence-corrected chi connectivity index (χ2v) is 5.32. The third-order valence-corrected chi connectivity index (χ3v) is 3.61. The molecule has 1 unspecified atom stereocenters. The molecular weight excluding hydrogens is 206 g/mol. The van der Waals surface area contributed by atoms with E-state index in [0.717, 1.165) is 6.04 Å². The zero-order valence-corrected chi connectivity index (χ0v) is 12.6. The van der Waals surface area contributed by atoms with Gasteiger partial charge in [-0.15, -0.1) is 0 Å². The Balaban J connectivity index is 3.25. The van der Waals surface area contributed by atoms with Crippen molar-refractivity contribution in [1.82, 2.24) is 5.32 Å². The number of hydrogen-bond donors (Lipinski definition) is 1. The summed E-state index contributed by atoms with van der Waals surface area (Å²) < 4.78 is 0. The molecule has 0 aromatic heterocycles. The quantitative estimate of drug-likeness (QED) is 0.432. The summed E-state index contributed by atoms with van der Waals surface area (Å²) in [6.45, 7) is 8.07. The van der Waals surface area contributed by atoms with Crippen LogP contribution in [0.3, 0.4) is 0 Å². The number of nitrogens with one attached hydrogen (secondary N) is 1. The Morgan fingerprint density at radius 1 is 0.706 bits per heavy atom. The van der Waals surface area contributed by atoms with Gasteiger partial charge in [0.15, 0.2) is 0 Å². The van der Waals surface area contributed by atoms with Crippen LogP contribution in [0.5, 0.6) is 0 Å². The van der Waals surface area contributed by atoms with E-state index in [4.69, 9.17) is 0 Å². The summed E-state index contributed by atoms with van der Waals surface area (Å²) in [4.78, 5) is 0. The van der Waals surface area contributed by atoms with Crippen LogP contribution in [0.2, 0.25) is 0 Å². The lowest BCUT2D eigenvalue weighted by Gasteiger charge is -2.16. The van der Waals surface area contributed by atoms with Crippen molar-refractivity contribution in [3.8, 4) is 0 Å². The molecule has 0 amide bonds. The van der Waals surface area contributed by atoms with Crippen molar-refractivity contribution in [1.29, 1.82) is 0 Å². The molecule has 0 saturated carbocycles. The number of hydrogen-bond acceptors (Lipinski definition) is 1. The summed E-state index contributed by atoms with van der Waals surface area (Å²) in [6, 6.07) is 0.775. The zero-order valence-electron chi connectivity index (χ0n) is 12.6. The van der Waals surface area contributed by atoms with Crippen LogP contribution in [0.1, 0.15) is 91.4 Å². The van der Waals surface area contributed by atoms with Gasteiger partial charge in [0.1, 0.15) is 0 Å². The second-order valence-electron chi connectivity index (χ2n) is 5.32. The van der Waals surface area contributed by atoms with Crippen molar-refractivity contribution in [3.63, 3.8) is 0 Å². The van der Waals surface area contributed by atoms with Gasteiger partial charge in [-0.1, -0.05) is 72.1 Å². The first kappa shape index (κ1) is 17.0. The van der Waals surface area contributed by atoms with Gasteiger partial charge in [0.05, 0.1) is 0 Å². The third kappa shape index (κ3) is 12.2. The molecule has 1 nitrogen and oxygen atoms in total. The summed E-state index contributed by atoms with van der Waals surface area (Å²) in [5.74, 6) is 0. The van der Waals surface area contributed by atoms with E-state index in [9.17, 15) is 0 Å². The molecule has 0 aromatic rings. The standard InChI is InChI=1S/C16H35N/c1-4-7-9-10-11-12-13-14-16(6-3)17-15-8-5-2/h16-17H,4-15H2,1-3H3. The molecular formula is C16H35N. The van der Waals surface area contributed by atoms with Crippen molar-refractivity contribution in [2.75, 3.05) is 6.54 Å². The first-order chi connectivity index (χ1) is 8.35. The predicted octanol–water partition coefficient (Wildman–Crippen LogP) is 5.30. The molecule has 0 radical (unpaired) electrons. The smallest absolute Gasteiger partial charge is 0.00644 e. The molecule has 0 rings (SSSR count). The molecule has 1 heteroatoms. The predicted molar refractivity (Wildman–Crippen MR) is 79.6 cm³/mol. The maximum atomic E-state index is 3.68. The summed E-state index contributed by atoms with van der Waals surface area (Å²) in [6.07, 6.45) is 15.3. The molecule has 1 N–H and O–H groups in total.